The van der Waals surface area contributed by atoms with Crippen LogP contribution in [0.1, 0.15) is 43.2 Å². The highest BCUT2D eigenvalue weighted by molar-refractivity contribution is 6.12. The van der Waals surface area contributed by atoms with E-state index in [0.717, 1.165) is 60.8 Å². The molecule has 3 heterocycles. The number of rotatable bonds is 3. The summed E-state index contributed by atoms with van der Waals surface area (Å²) in [6.45, 7) is 0. The number of para-hydroxylation sites is 2. The molecule has 50 heavy (non-hydrogen) atoms. The van der Waals surface area contributed by atoms with Gasteiger partial charge in [0.15, 0.2) is 11.4 Å². The molecule has 2 aliphatic rings. The minimum absolute atomic E-state index is 0.106. The number of nitrogens with zero attached hydrogens (tertiary/aromatic N) is 2. The Labute approximate surface area is 289 Å². The minimum Gasteiger partial charge on any atom is -0.455 e. The molecular weight excluding hydrogens is 613 g/mol. The van der Waals surface area contributed by atoms with Crippen molar-refractivity contribution < 1.29 is 8.83 Å². The van der Waals surface area contributed by atoms with Crippen LogP contribution in [0.2, 0.25) is 0 Å². The molecular formula is C46H32N2O2. The van der Waals surface area contributed by atoms with E-state index in [9.17, 15) is 0 Å². The first-order valence-corrected chi connectivity index (χ1v) is 17.7. The number of furan rings is 2. The average molecular weight is 645 g/mol. The fourth-order valence-corrected chi connectivity index (χ4v) is 8.99. The number of hydrogen-bond donors (Lipinski definition) is 0. The molecule has 2 aliphatic carbocycles. The summed E-state index contributed by atoms with van der Waals surface area (Å²) in [6, 6.07) is 47.3. The van der Waals surface area contributed by atoms with Gasteiger partial charge in [-0.25, -0.2) is 9.97 Å². The minimum atomic E-state index is 0.106. The number of hydrogen-bond acceptors (Lipinski definition) is 4. The normalized spacial score (nSPS) is 15.0. The predicted molar refractivity (Wildman–Crippen MR) is 202 cm³/mol. The van der Waals surface area contributed by atoms with Crippen LogP contribution < -0.4 is 0 Å². The van der Waals surface area contributed by atoms with Crippen molar-refractivity contribution in [3.63, 3.8) is 0 Å². The highest BCUT2D eigenvalue weighted by atomic mass is 16.3. The lowest BCUT2D eigenvalue weighted by Gasteiger charge is -2.36. The summed E-state index contributed by atoms with van der Waals surface area (Å²) in [7, 11) is 0. The predicted octanol–water partition coefficient (Wildman–Crippen LogP) is 12.5. The first kappa shape index (κ1) is 27.9. The summed E-state index contributed by atoms with van der Waals surface area (Å²) in [4.78, 5) is 10.1. The van der Waals surface area contributed by atoms with E-state index in [-0.39, 0.29) is 5.41 Å². The van der Waals surface area contributed by atoms with Gasteiger partial charge in [-0.15, -0.1) is 0 Å². The second-order valence-electron chi connectivity index (χ2n) is 14.0. The molecule has 6 aromatic carbocycles. The molecule has 0 amide bonds. The molecule has 0 N–H and O–H groups in total. The molecule has 11 rings (SSSR count). The van der Waals surface area contributed by atoms with Gasteiger partial charge in [-0.2, -0.15) is 0 Å². The SMILES string of the molecule is c1ccc(-c2nc(-c3ccc4oc5c(-c6ccc7c(c6)C6(CCCCC6)c6ccccc6-7)cccc5c4c3)c3oc4ccccc4c3n2)cc1. The van der Waals surface area contributed by atoms with Crippen molar-refractivity contribution in [3.05, 3.63) is 145 Å². The number of aromatic nitrogens is 2. The maximum absolute atomic E-state index is 6.72. The Morgan fingerprint density at radius 3 is 2.10 bits per heavy atom. The van der Waals surface area contributed by atoms with E-state index in [2.05, 4.69) is 97.1 Å². The first-order valence-electron chi connectivity index (χ1n) is 17.7. The Balaban J connectivity index is 1.09. The zero-order valence-electron chi connectivity index (χ0n) is 27.4. The van der Waals surface area contributed by atoms with Gasteiger partial charge in [-0.1, -0.05) is 116 Å². The molecule has 1 fully saturated rings. The maximum atomic E-state index is 6.72. The van der Waals surface area contributed by atoms with Gasteiger partial charge in [0.2, 0.25) is 0 Å². The van der Waals surface area contributed by atoms with Crippen LogP contribution in [0.3, 0.4) is 0 Å². The van der Waals surface area contributed by atoms with Crippen LogP contribution in [-0.2, 0) is 5.41 Å². The molecule has 4 heteroatoms. The van der Waals surface area contributed by atoms with Gasteiger partial charge in [0.05, 0.1) is 0 Å². The molecule has 0 atom stereocenters. The second kappa shape index (κ2) is 10.5. The smallest absolute Gasteiger partial charge is 0.180 e. The van der Waals surface area contributed by atoms with Crippen LogP contribution in [0.4, 0.5) is 0 Å². The van der Waals surface area contributed by atoms with Crippen molar-refractivity contribution >= 4 is 44.0 Å². The van der Waals surface area contributed by atoms with Gasteiger partial charge in [0.1, 0.15) is 28.0 Å². The van der Waals surface area contributed by atoms with Crippen molar-refractivity contribution in [2.24, 2.45) is 0 Å². The molecule has 9 aromatic rings. The van der Waals surface area contributed by atoms with Crippen molar-refractivity contribution in [2.45, 2.75) is 37.5 Å². The van der Waals surface area contributed by atoms with Gasteiger partial charge in [0, 0.05) is 38.3 Å². The largest absolute Gasteiger partial charge is 0.455 e. The van der Waals surface area contributed by atoms with Crippen molar-refractivity contribution in [3.8, 4) is 44.9 Å². The van der Waals surface area contributed by atoms with Gasteiger partial charge in [0.25, 0.3) is 0 Å². The fraction of sp³-hybridized carbons (Fsp3) is 0.130. The first-order chi connectivity index (χ1) is 24.7. The highest BCUT2D eigenvalue weighted by Crippen LogP contribution is 2.56. The van der Waals surface area contributed by atoms with Crippen LogP contribution in [-0.4, -0.2) is 9.97 Å². The Morgan fingerprint density at radius 2 is 1.18 bits per heavy atom. The van der Waals surface area contributed by atoms with Crippen LogP contribution in [0.25, 0.3) is 88.9 Å². The van der Waals surface area contributed by atoms with E-state index in [4.69, 9.17) is 18.8 Å². The summed E-state index contributed by atoms with van der Waals surface area (Å²) in [5, 5.41) is 3.13. The topological polar surface area (TPSA) is 52.1 Å². The molecule has 0 radical (unpaired) electrons. The van der Waals surface area contributed by atoms with E-state index in [1.54, 1.807) is 0 Å². The van der Waals surface area contributed by atoms with E-state index in [0.29, 0.717) is 11.4 Å². The third-order valence-electron chi connectivity index (χ3n) is 11.3. The summed E-state index contributed by atoms with van der Waals surface area (Å²) >= 11 is 0. The molecule has 1 saturated carbocycles. The standard InChI is InChI=1S/C46H32N2O2/c1-3-12-28(13-4-1)45-47-41(44-42(48-45)35-15-6-8-19-39(35)50-44)30-21-23-40-36(26-30)34-17-11-16-31(43(34)49-40)29-20-22-33-32-14-5-7-18-37(32)46(38(33)27-29)24-9-2-10-25-46/h1,3-8,11-23,26-27H,2,9-10,24-25H2. The Bertz CT molecular complexity index is 2800. The van der Waals surface area contributed by atoms with Gasteiger partial charge >= 0.3 is 0 Å². The molecule has 0 saturated heterocycles. The molecule has 3 aromatic heterocycles. The van der Waals surface area contributed by atoms with Gasteiger partial charge < -0.3 is 8.83 Å². The van der Waals surface area contributed by atoms with Crippen molar-refractivity contribution in [1.82, 2.24) is 9.97 Å². The molecule has 0 aliphatic heterocycles. The van der Waals surface area contributed by atoms with Crippen LogP contribution in [0, 0.1) is 0 Å². The quantitative estimate of drug-likeness (QED) is 0.192. The monoisotopic (exact) mass is 644 g/mol. The Kier molecular flexibility index (Phi) is 5.86. The second-order valence-corrected chi connectivity index (χ2v) is 14.0. The van der Waals surface area contributed by atoms with Crippen LogP contribution in [0.15, 0.2) is 142 Å². The third kappa shape index (κ3) is 3.93. The zero-order valence-corrected chi connectivity index (χ0v) is 27.4. The average Bonchev–Trinajstić information content (AvgIpc) is 3.83. The van der Waals surface area contributed by atoms with Crippen molar-refractivity contribution in [1.29, 1.82) is 0 Å². The van der Waals surface area contributed by atoms with Gasteiger partial charge in [-0.3, -0.25) is 0 Å². The van der Waals surface area contributed by atoms with E-state index in [1.807, 2.05) is 36.4 Å². The fourth-order valence-electron chi connectivity index (χ4n) is 8.99. The Morgan fingerprint density at radius 1 is 0.460 bits per heavy atom. The lowest BCUT2D eigenvalue weighted by atomic mass is 9.67. The van der Waals surface area contributed by atoms with Gasteiger partial charge in [-0.05, 0) is 77.1 Å². The lowest BCUT2D eigenvalue weighted by Crippen LogP contribution is -2.28. The molecule has 0 unspecified atom stereocenters. The molecule has 1 spiro atoms. The molecule has 4 nitrogen and oxygen atoms in total. The van der Waals surface area contributed by atoms with Crippen LogP contribution in [0.5, 0.6) is 0 Å². The summed E-state index contributed by atoms with van der Waals surface area (Å²) in [5.41, 5.74) is 15.0. The van der Waals surface area contributed by atoms with E-state index in [1.165, 1.54) is 59.9 Å². The third-order valence-corrected chi connectivity index (χ3v) is 11.3. The molecule has 238 valence electrons. The summed E-state index contributed by atoms with van der Waals surface area (Å²) < 4.78 is 13.2. The number of fused-ring (bicyclic) bond motifs is 11. The van der Waals surface area contributed by atoms with E-state index < -0.39 is 0 Å². The maximum Gasteiger partial charge on any atom is 0.180 e. The zero-order chi connectivity index (χ0) is 32.8. The molecule has 0 bridgehead atoms. The summed E-state index contributed by atoms with van der Waals surface area (Å²) in [5.74, 6) is 0.675. The van der Waals surface area contributed by atoms with E-state index >= 15 is 0 Å². The van der Waals surface area contributed by atoms with Crippen molar-refractivity contribution in [2.75, 3.05) is 0 Å². The lowest BCUT2D eigenvalue weighted by molar-refractivity contribution is 0.353. The number of benzene rings is 6. The Hall–Kier alpha value is -6.00. The summed E-state index contributed by atoms with van der Waals surface area (Å²) in [6.07, 6.45) is 6.30. The van der Waals surface area contributed by atoms with Crippen LogP contribution >= 0.6 is 0 Å². The highest BCUT2D eigenvalue weighted by Gasteiger charge is 2.43.